The maximum Gasteiger partial charge on any atom is 0.289 e. The minimum atomic E-state index is -4.01. The van der Waals surface area contributed by atoms with Gasteiger partial charge < -0.3 is 4.90 Å². The summed E-state index contributed by atoms with van der Waals surface area (Å²) in [5, 5.41) is 13.2. The lowest BCUT2D eigenvalue weighted by Crippen LogP contribution is -2.57. The molecule has 2 unspecified atom stereocenters. The second-order valence-electron chi connectivity index (χ2n) is 10.0. The minimum absolute atomic E-state index is 0.00987. The lowest BCUT2D eigenvalue weighted by molar-refractivity contribution is -0.384. The third-order valence-electron chi connectivity index (χ3n) is 7.44. The normalized spacial score (nSPS) is 20.5. The number of nitro groups is 1. The van der Waals surface area contributed by atoms with Gasteiger partial charge in [0.05, 0.1) is 22.4 Å². The van der Waals surface area contributed by atoms with Gasteiger partial charge in [-0.25, -0.2) is 8.42 Å². The number of fused-ring (bicyclic) bond motifs is 1. The van der Waals surface area contributed by atoms with Gasteiger partial charge in [-0.1, -0.05) is 41.4 Å². The molecule has 0 aliphatic carbocycles. The Labute approximate surface area is 236 Å². The summed E-state index contributed by atoms with van der Waals surface area (Å²) >= 11 is 7.62. The molecule has 0 N–H and O–H groups in total. The van der Waals surface area contributed by atoms with Crippen molar-refractivity contribution in [3.63, 3.8) is 0 Å². The summed E-state index contributed by atoms with van der Waals surface area (Å²) in [5.74, 6) is -0.0446. The summed E-state index contributed by atoms with van der Waals surface area (Å²) in [5.41, 5.74) is 3.11. The first kappa shape index (κ1) is 27.7. The number of carbonyl (C=O) groups is 1. The first-order valence-corrected chi connectivity index (χ1v) is 15.4. The Morgan fingerprint density at radius 2 is 1.87 bits per heavy atom. The van der Waals surface area contributed by atoms with Crippen LogP contribution >= 0.6 is 22.9 Å². The van der Waals surface area contributed by atoms with Gasteiger partial charge in [0.2, 0.25) is 15.9 Å². The molecule has 1 saturated heterocycles. The van der Waals surface area contributed by atoms with E-state index in [0.29, 0.717) is 0 Å². The number of carbonyl (C=O) groups excluding carboxylic acids is 1. The van der Waals surface area contributed by atoms with Crippen LogP contribution in [0.25, 0.3) is 0 Å². The van der Waals surface area contributed by atoms with Crippen LogP contribution in [0.15, 0.2) is 58.8 Å². The molecule has 3 heterocycles. The monoisotopic (exact) mass is 588 g/mol. The van der Waals surface area contributed by atoms with E-state index in [1.165, 1.54) is 32.4 Å². The Kier molecular flexibility index (Phi) is 7.80. The van der Waals surface area contributed by atoms with Crippen LogP contribution in [-0.2, 0) is 21.2 Å². The van der Waals surface area contributed by atoms with Crippen molar-refractivity contribution in [1.82, 2.24) is 14.1 Å². The Morgan fingerprint density at radius 3 is 2.56 bits per heavy atom. The number of nitro benzene ring substituents is 1. The zero-order chi connectivity index (χ0) is 27.9. The van der Waals surface area contributed by atoms with Crippen molar-refractivity contribution in [3.8, 4) is 0 Å². The van der Waals surface area contributed by atoms with Gasteiger partial charge in [0, 0.05) is 43.2 Å². The maximum atomic E-state index is 13.5. The summed E-state index contributed by atoms with van der Waals surface area (Å²) in [7, 11) is -4.01. The fourth-order valence-electron chi connectivity index (χ4n) is 5.40. The molecule has 9 nitrogen and oxygen atoms in total. The van der Waals surface area contributed by atoms with Crippen LogP contribution in [0.2, 0.25) is 5.02 Å². The van der Waals surface area contributed by atoms with Gasteiger partial charge in [-0.05, 0) is 55.0 Å². The number of hydrogen-bond donors (Lipinski definition) is 0. The van der Waals surface area contributed by atoms with Gasteiger partial charge in [-0.15, -0.1) is 11.3 Å². The quantitative estimate of drug-likeness (QED) is 0.310. The number of piperazine rings is 1. The highest BCUT2D eigenvalue weighted by Gasteiger charge is 2.37. The van der Waals surface area contributed by atoms with Crippen LogP contribution in [-0.4, -0.2) is 72.1 Å². The first-order chi connectivity index (χ1) is 18.6. The Morgan fingerprint density at radius 1 is 1.13 bits per heavy atom. The van der Waals surface area contributed by atoms with Crippen LogP contribution in [0, 0.1) is 17.0 Å². The number of benzene rings is 2. The molecule has 39 heavy (non-hydrogen) atoms. The Hall–Kier alpha value is -2.83. The number of rotatable bonds is 6. The van der Waals surface area contributed by atoms with Crippen molar-refractivity contribution in [2.75, 3.05) is 32.7 Å². The molecule has 0 spiro atoms. The number of thiophene rings is 1. The van der Waals surface area contributed by atoms with E-state index in [1.54, 1.807) is 23.2 Å². The largest absolute Gasteiger partial charge is 0.339 e. The second-order valence-corrected chi connectivity index (χ2v) is 13.3. The average Bonchev–Trinajstić information content (AvgIpc) is 3.38. The van der Waals surface area contributed by atoms with E-state index in [1.807, 2.05) is 0 Å². The molecule has 3 aromatic rings. The van der Waals surface area contributed by atoms with Crippen LogP contribution in [0.1, 0.15) is 34.5 Å². The molecule has 0 radical (unpaired) electrons. The molecular weight excluding hydrogens is 560 g/mol. The highest BCUT2D eigenvalue weighted by atomic mass is 35.5. The molecule has 2 aromatic carbocycles. The van der Waals surface area contributed by atoms with Gasteiger partial charge in [-0.3, -0.25) is 19.8 Å². The zero-order valence-electron chi connectivity index (χ0n) is 21.6. The maximum absolute atomic E-state index is 13.5. The fraction of sp³-hybridized carbons (Fsp3) is 0.370. The van der Waals surface area contributed by atoms with E-state index in [-0.39, 0.29) is 48.0 Å². The highest BCUT2D eigenvalue weighted by molar-refractivity contribution is 7.89. The number of sulfonamides is 1. The molecule has 12 heteroatoms. The number of amides is 1. The van der Waals surface area contributed by atoms with E-state index < -0.39 is 26.7 Å². The number of aryl methyl sites for hydroxylation is 1. The van der Waals surface area contributed by atoms with Crippen LogP contribution in [0.4, 0.5) is 5.69 Å². The molecule has 206 valence electrons. The smallest absolute Gasteiger partial charge is 0.289 e. The molecule has 1 aromatic heterocycles. The summed E-state index contributed by atoms with van der Waals surface area (Å²) in [4.78, 5) is 29.2. The Bertz CT molecular complexity index is 1510. The second kappa shape index (κ2) is 11.0. The number of hydrogen-bond acceptors (Lipinski definition) is 7. The van der Waals surface area contributed by atoms with Crippen LogP contribution < -0.4 is 0 Å². The standard InChI is InChI=1S/C27H29ClN4O5S2/c1-18-3-5-20(6-4-18)27-22-10-14-38-25(22)9-11-30(27)17-26(33)29-12-13-31(19(2)16-29)39(36,37)21-7-8-23(28)24(15-21)32(34)35/h3-8,10,14-15,19,27H,9,11-13,16-17H2,1-2H3. The summed E-state index contributed by atoms with van der Waals surface area (Å²) in [6.07, 6.45) is 0.887. The lowest BCUT2D eigenvalue weighted by Gasteiger charge is -2.41. The summed E-state index contributed by atoms with van der Waals surface area (Å²) < 4.78 is 28.0. The number of nitrogens with zero attached hydrogens (tertiary/aromatic N) is 4. The highest BCUT2D eigenvalue weighted by Crippen LogP contribution is 2.38. The van der Waals surface area contributed by atoms with Crippen LogP contribution in [0.3, 0.4) is 0 Å². The van der Waals surface area contributed by atoms with E-state index in [9.17, 15) is 23.3 Å². The predicted molar refractivity (Wildman–Crippen MR) is 151 cm³/mol. The van der Waals surface area contributed by atoms with Crippen molar-refractivity contribution in [2.45, 2.75) is 37.2 Å². The molecule has 1 amide bonds. The SMILES string of the molecule is Cc1ccc(C2c3ccsc3CCN2CC(=O)N2CCN(S(=O)(=O)c3ccc(Cl)c([N+](=O)[O-])c3)C(C)C2)cc1. The fourth-order valence-corrected chi connectivity index (χ4v) is 8.13. The topological polar surface area (TPSA) is 104 Å². The lowest BCUT2D eigenvalue weighted by atomic mass is 9.92. The molecule has 1 fully saturated rings. The van der Waals surface area contributed by atoms with Crippen molar-refractivity contribution < 1.29 is 18.1 Å². The van der Waals surface area contributed by atoms with Gasteiger partial charge in [-0.2, -0.15) is 4.31 Å². The van der Waals surface area contributed by atoms with Crippen molar-refractivity contribution >= 4 is 44.6 Å². The van der Waals surface area contributed by atoms with Crippen molar-refractivity contribution in [2.24, 2.45) is 0 Å². The van der Waals surface area contributed by atoms with Gasteiger partial charge >= 0.3 is 0 Å². The number of halogens is 1. The zero-order valence-corrected chi connectivity index (χ0v) is 24.0. The average molecular weight is 589 g/mol. The molecule has 0 bridgehead atoms. The third-order valence-corrected chi connectivity index (χ3v) is 10.8. The molecule has 2 aliphatic heterocycles. The first-order valence-electron chi connectivity index (χ1n) is 12.7. The third kappa shape index (κ3) is 5.46. The van der Waals surface area contributed by atoms with Crippen LogP contribution in [0.5, 0.6) is 0 Å². The van der Waals surface area contributed by atoms with E-state index in [4.69, 9.17) is 11.6 Å². The van der Waals surface area contributed by atoms with E-state index in [0.717, 1.165) is 24.6 Å². The van der Waals surface area contributed by atoms with Crippen molar-refractivity contribution in [1.29, 1.82) is 0 Å². The van der Waals surface area contributed by atoms with Gasteiger partial charge in [0.1, 0.15) is 5.02 Å². The molecule has 5 rings (SSSR count). The van der Waals surface area contributed by atoms with Gasteiger partial charge in [0.25, 0.3) is 5.69 Å². The molecule has 2 atom stereocenters. The summed E-state index contributed by atoms with van der Waals surface area (Å²) in [6.45, 7) is 5.37. The Balaban J connectivity index is 1.30. The minimum Gasteiger partial charge on any atom is -0.339 e. The van der Waals surface area contributed by atoms with E-state index >= 15 is 0 Å². The van der Waals surface area contributed by atoms with Gasteiger partial charge in [0.15, 0.2) is 0 Å². The molecular formula is C27H29ClN4O5S2. The van der Waals surface area contributed by atoms with Crippen molar-refractivity contribution in [3.05, 3.63) is 90.6 Å². The molecule has 0 saturated carbocycles. The summed E-state index contributed by atoms with van der Waals surface area (Å²) in [6, 6.07) is 13.5. The molecule has 2 aliphatic rings. The predicted octanol–water partition coefficient (Wildman–Crippen LogP) is 4.49. The van der Waals surface area contributed by atoms with E-state index in [2.05, 4.69) is 47.5 Å².